The molecule has 0 fully saturated rings. The summed E-state index contributed by atoms with van der Waals surface area (Å²) < 4.78 is 7.37. The van der Waals surface area contributed by atoms with Gasteiger partial charge >= 0.3 is 0 Å². The predicted octanol–water partition coefficient (Wildman–Crippen LogP) is 4.11. The Hall–Kier alpha value is -3.93. The third kappa shape index (κ3) is 3.87. The lowest BCUT2D eigenvalue weighted by Gasteiger charge is -2.19. The molecule has 6 heteroatoms. The van der Waals surface area contributed by atoms with E-state index in [1.807, 2.05) is 41.8 Å². The Balaban J connectivity index is 1.89. The molecular weight excluding hydrogens is 366 g/mol. The molecule has 1 N–H and O–H groups in total. The second-order valence-electron chi connectivity index (χ2n) is 6.57. The van der Waals surface area contributed by atoms with Crippen LogP contribution < -0.4 is 10.7 Å². The summed E-state index contributed by atoms with van der Waals surface area (Å²) in [6.45, 7) is 2.20. The molecule has 1 aromatic carbocycles. The van der Waals surface area contributed by atoms with Crippen molar-refractivity contribution in [3.8, 4) is 11.4 Å². The maximum absolute atomic E-state index is 13.1. The molecule has 3 heterocycles. The normalized spacial score (nSPS) is 10.7. The van der Waals surface area contributed by atoms with E-state index in [1.165, 1.54) is 6.07 Å². The largest absolute Gasteiger partial charge is 0.467 e. The van der Waals surface area contributed by atoms with Crippen molar-refractivity contribution in [2.45, 2.75) is 13.5 Å². The zero-order valence-corrected chi connectivity index (χ0v) is 15.8. The standard InChI is InChI=1S/C23H19N3O3/c1-16-14-20(27)21(23(28)25-17-8-3-2-4-9-17)22(19-11-5-6-12-24-19)26(16)15-18-10-7-13-29-18/h2-14H,15H2,1H3,(H,25,28). The molecule has 0 aliphatic rings. The Bertz CT molecular complexity index is 1180. The average molecular weight is 385 g/mol. The summed E-state index contributed by atoms with van der Waals surface area (Å²) in [5.41, 5.74) is 2.01. The molecule has 4 rings (SSSR count). The van der Waals surface area contributed by atoms with Crippen LogP contribution in [0.3, 0.4) is 0 Å². The number of aryl methyl sites for hydroxylation is 1. The van der Waals surface area contributed by atoms with E-state index in [0.29, 0.717) is 35.1 Å². The number of benzene rings is 1. The summed E-state index contributed by atoms with van der Waals surface area (Å²) in [5, 5.41) is 2.81. The fourth-order valence-corrected chi connectivity index (χ4v) is 3.23. The summed E-state index contributed by atoms with van der Waals surface area (Å²) in [4.78, 5) is 30.4. The lowest BCUT2D eigenvalue weighted by Crippen LogP contribution is -2.27. The van der Waals surface area contributed by atoms with Crippen LogP contribution in [0.15, 0.2) is 88.4 Å². The molecule has 0 saturated carbocycles. The van der Waals surface area contributed by atoms with Crippen LogP contribution in [0.1, 0.15) is 21.8 Å². The number of aromatic nitrogens is 2. The van der Waals surface area contributed by atoms with Crippen molar-refractivity contribution < 1.29 is 9.21 Å². The minimum atomic E-state index is -0.477. The molecule has 0 saturated heterocycles. The second-order valence-corrected chi connectivity index (χ2v) is 6.57. The van der Waals surface area contributed by atoms with Crippen LogP contribution in [0.4, 0.5) is 5.69 Å². The lowest BCUT2D eigenvalue weighted by atomic mass is 10.1. The number of furan rings is 1. The average Bonchev–Trinajstić information content (AvgIpc) is 3.24. The summed E-state index contributed by atoms with van der Waals surface area (Å²) in [6.07, 6.45) is 3.23. The molecule has 0 radical (unpaired) electrons. The van der Waals surface area contributed by atoms with Crippen LogP contribution in [0, 0.1) is 6.92 Å². The quantitative estimate of drug-likeness (QED) is 0.561. The van der Waals surface area contributed by atoms with Gasteiger partial charge in [0.15, 0.2) is 5.43 Å². The number of carbonyl (C=O) groups excluding carboxylic acids is 1. The summed E-state index contributed by atoms with van der Waals surface area (Å²) in [7, 11) is 0. The Morgan fingerprint density at radius 3 is 2.55 bits per heavy atom. The molecule has 3 aromatic heterocycles. The second kappa shape index (κ2) is 7.98. The molecule has 0 aliphatic heterocycles. The molecule has 6 nitrogen and oxygen atoms in total. The van der Waals surface area contributed by atoms with Crippen LogP contribution in [-0.2, 0) is 6.54 Å². The van der Waals surface area contributed by atoms with E-state index in [-0.39, 0.29) is 11.0 Å². The number of pyridine rings is 2. The maximum atomic E-state index is 13.1. The van der Waals surface area contributed by atoms with Gasteiger partial charge in [0, 0.05) is 23.6 Å². The van der Waals surface area contributed by atoms with Gasteiger partial charge in [0.1, 0.15) is 11.3 Å². The van der Waals surface area contributed by atoms with Crippen LogP contribution in [0.5, 0.6) is 0 Å². The number of amides is 1. The van der Waals surface area contributed by atoms with Crippen molar-refractivity contribution in [2.24, 2.45) is 0 Å². The highest BCUT2D eigenvalue weighted by atomic mass is 16.3. The van der Waals surface area contributed by atoms with Crippen LogP contribution >= 0.6 is 0 Å². The first kappa shape index (κ1) is 18.4. The molecule has 0 unspecified atom stereocenters. The Labute approximate surface area is 167 Å². The molecule has 1 amide bonds. The molecule has 4 aromatic rings. The van der Waals surface area contributed by atoms with E-state index in [9.17, 15) is 9.59 Å². The molecule has 0 aliphatic carbocycles. The predicted molar refractivity (Wildman–Crippen MR) is 111 cm³/mol. The number of hydrogen-bond donors (Lipinski definition) is 1. The SMILES string of the molecule is Cc1cc(=O)c(C(=O)Nc2ccccc2)c(-c2ccccn2)n1Cc1ccco1. The highest BCUT2D eigenvalue weighted by Gasteiger charge is 2.23. The molecule has 29 heavy (non-hydrogen) atoms. The Morgan fingerprint density at radius 2 is 1.86 bits per heavy atom. The third-order valence-corrected chi connectivity index (χ3v) is 4.58. The number of anilines is 1. The van der Waals surface area contributed by atoms with Gasteiger partial charge in [-0.25, -0.2) is 0 Å². The summed E-state index contributed by atoms with van der Waals surface area (Å²) in [5.74, 6) is 0.235. The van der Waals surface area contributed by atoms with Crippen molar-refractivity contribution >= 4 is 11.6 Å². The van der Waals surface area contributed by atoms with Crippen LogP contribution in [0.25, 0.3) is 11.4 Å². The van der Waals surface area contributed by atoms with Crippen molar-refractivity contribution in [1.82, 2.24) is 9.55 Å². The minimum Gasteiger partial charge on any atom is -0.467 e. The highest BCUT2D eigenvalue weighted by molar-refractivity contribution is 6.07. The van der Waals surface area contributed by atoms with E-state index in [2.05, 4.69) is 10.3 Å². The highest BCUT2D eigenvalue weighted by Crippen LogP contribution is 2.24. The van der Waals surface area contributed by atoms with Gasteiger partial charge in [0.2, 0.25) is 0 Å². The number of nitrogens with one attached hydrogen (secondary N) is 1. The fourth-order valence-electron chi connectivity index (χ4n) is 3.23. The maximum Gasteiger partial charge on any atom is 0.261 e. The van der Waals surface area contributed by atoms with Gasteiger partial charge in [0.25, 0.3) is 5.91 Å². The van der Waals surface area contributed by atoms with E-state index < -0.39 is 5.91 Å². The lowest BCUT2D eigenvalue weighted by molar-refractivity contribution is 0.102. The fraction of sp³-hybridized carbons (Fsp3) is 0.0870. The summed E-state index contributed by atoms with van der Waals surface area (Å²) in [6, 6.07) is 19.6. The zero-order chi connectivity index (χ0) is 20.2. The van der Waals surface area contributed by atoms with Crippen molar-refractivity contribution in [1.29, 1.82) is 0 Å². The summed E-state index contributed by atoms with van der Waals surface area (Å²) >= 11 is 0. The molecule has 0 spiro atoms. The number of hydrogen-bond acceptors (Lipinski definition) is 4. The number of nitrogens with zero attached hydrogens (tertiary/aromatic N) is 2. The first-order chi connectivity index (χ1) is 14.1. The van der Waals surface area contributed by atoms with Crippen molar-refractivity contribution in [2.75, 3.05) is 5.32 Å². The van der Waals surface area contributed by atoms with Gasteiger partial charge in [-0.2, -0.15) is 0 Å². The molecule has 0 atom stereocenters. The topological polar surface area (TPSA) is 77.1 Å². The number of carbonyl (C=O) groups is 1. The van der Waals surface area contributed by atoms with Gasteiger partial charge in [-0.1, -0.05) is 24.3 Å². The Kier molecular flexibility index (Phi) is 5.07. The van der Waals surface area contributed by atoms with Gasteiger partial charge < -0.3 is 14.3 Å². The van der Waals surface area contributed by atoms with E-state index in [0.717, 1.165) is 0 Å². The molecule has 0 bridgehead atoms. The van der Waals surface area contributed by atoms with Gasteiger partial charge in [0.05, 0.1) is 24.2 Å². The number of para-hydroxylation sites is 1. The molecule has 144 valence electrons. The van der Waals surface area contributed by atoms with Crippen molar-refractivity contribution in [3.63, 3.8) is 0 Å². The zero-order valence-electron chi connectivity index (χ0n) is 15.8. The number of rotatable bonds is 5. The van der Waals surface area contributed by atoms with Gasteiger partial charge in [-0.05, 0) is 43.3 Å². The Morgan fingerprint density at radius 1 is 1.07 bits per heavy atom. The van der Waals surface area contributed by atoms with Crippen LogP contribution in [-0.4, -0.2) is 15.5 Å². The first-order valence-corrected chi connectivity index (χ1v) is 9.18. The smallest absolute Gasteiger partial charge is 0.261 e. The third-order valence-electron chi connectivity index (χ3n) is 4.58. The van der Waals surface area contributed by atoms with E-state index >= 15 is 0 Å². The monoisotopic (exact) mass is 385 g/mol. The minimum absolute atomic E-state index is 0.0460. The van der Waals surface area contributed by atoms with Gasteiger partial charge in [-0.3, -0.25) is 14.6 Å². The molecular formula is C23H19N3O3. The van der Waals surface area contributed by atoms with E-state index in [1.54, 1.807) is 42.8 Å². The van der Waals surface area contributed by atoms with Gasteiger partial charge in [-0.15, -0.1) is 0 Å². The van der Waals surface area contributed by atoms with Crippen LogP contribution in [0.2, 0.25) is 0 Å². The first-order valence-electron chi connectivity index (χ1n) is 9.18. The van der Waals surface area contributed by atoms with Crippen molar-refractivity contribution in [3.05, 3.63) is 106 Å². The van der Waals surface area contributed by atoms with E-state index in [4.69, 9.17) is 4.42 Å².